The predicted octanol–water partition coefficient (Wildman–Crippen LogP) is 5.59. The highest BCUT2D eigenvalue weighted by atomic mass is 19.1. The van der Waals surface area contributed by atoms with Crippen molar-refractivity contribution < 1.29 is 8.78 Å². The number of likely N-dealkylation sites (tertiary alicyclic amines) is 1. The quantitative estimate of drug-likeness (QED) is 0.462. The van der Waals surface area contributed by atoms with Crippen LogP contribution < -0.4 is 5.32 Å². The molecule has 3 heterocycles. The van der Waals surface area contributed by atoms with Gasteiger partial charge in [-0.25, -0.2) is 8.78 Å². The standard InChI is InChI=1S/C28H37F2N5/c1-16(2)8-26-27(20-6-7-25-21(11-31-33-25)22(20)15-34(26)5)28-23(29)9-18(10-24(28)30)32-19-13-35(14-19)12-17(3)4/h6-7,9-11,16-17,19,26-27,32H,8,12-15H2,1-5H3,(H,31,33)/t26-,27+/m0/s1. The van der Waals surface area contributed by atoms with Gasteiger partial charge in [-0.05, 0) is 54.6 Å². The molecule has 2 aliphatic heterocycles. The zero-order valence-corrected chi connectivity index (χ0v) is 21.4. The monoisotopic (exact) mass is 481 g/mol. The third-order valence-corrected chi connectivity index (χ3v) is 7.52. The fraction of sp³-hybridized carbons (Fsp3) is 0.536. The second kappa shape index (κ2) is 9.51. The Kier molecular flexibility index (Phi) is 6.57. The van der Waals surface area contributed by atoms with Crippen molar-refractivity contribution >= 4 is 16.6 Å². The Hall–Kier alpha value is -2.51. The third kappa shape index (κ3) is 4.68. The molecule has 3 aromatic rings. The van der Waals surface area contributed by atoms with Crippen molar-refractivity contribution in [2.24, 2.45) is 11.8 Å². The summed E-state index contributed by atoms with van der Waals surface area (Å²) in [5.74, 6) is -0.312. The van der Waals surface area contributed by atoms with Crippen LogP contribution >= 0.6 is 0 Å². The molecule has 35 heavy (non-hydrogen) atoms. The number of hydrogen-bond donors (Lipinski definition) is 2. The lowest BCUT2D eigenvalue weighted by atomic mass is 9.75. The molecule has 188 valence electrons. The van der Waals surface area contributed by atoms with Crippen LogP contribution in [0, 0.1) is 23.5 Å². The normalized spacial score (nSPS) is 21.6. The van der Waals surface area contributed by atoms with Crippen molar-refractivity contribution in [3.63, 3.8) is 0 Å². The number of aromatic nitrogens is 2. The Labute approximate surface area is 206 Å². The van der Waals surface area contributed by atoms with Gasteiger partial charge >= 0.3 is 0 Å². The average molecular weight is 482 g/mol. The summed E-state index contributed by atoms with van der Waals surface area (Å²) in [6.07, 6.45) is 2.68. The van der Waals surface area contributed by atoms with E-state index >= 15 is 8.78 Å². The van der Waals surface area contributed by atoms with E-state index in [0.717, 1.165) is 54.6 Å². The van der Waals surface area contributed by atoms with Gasteiger partial charge in [-0.3, -0.25) is 14.9 Å². The van der Waals surface area contributed by atoms with Crippen LogP contribution in [0.25, 0.3) is 10.9 Å². The summed E-state index contributed by atoms with van der Waals surface area (Å²) in [5.41, 5.74) is 3.75. The van der Waals surface area contributed by atoms with Crippen molar-refractivity contribution in [2.75, 3.05) is 32.0 Å². The molecule has 0 saturated carbocycles. The Morgan fingerprint density at radius 1 is 1.09 bits per heavy atom. The van der Waals surface area contributed by atoms with E-state index in [1.807, 2.05) is 18.3 Å². The summed E-state index contributed by atoms with van der Waals surface area (Å²) in [6.45, 7) is 12.3. The lowest BCUT2D eigenvalue weighted by Crippen LogP contribution is -2.55. The van der Waals surface area contributed by atoms with Crippen LogP contribution in [0.2, 0.25) is 0 Å². The summed E-state index contributed by atoms with van der Waals surface area (Å²) in [5, 5.41) is 11.6. The van der Waals surface area contributed by atoms with Crippen LogP contribution in [0.1, 0.15) is 56.7 Å². The van der Waals surface area contributed by atoms with Crippen molar-refractivity contribution in [3.05, 3.63) is 58.8 Å². The van der Waals surface area contributed by atoms with Crippen molar-refractivity contribution in [2.45, 2.75) is 58.7 Å². The molecule has 2 aliphatic rings. The van der Waals surface area contributed by atoms with E-state index < -0.39 is 11.6 Å². The van der Waals surface area contributed by atoms with Crippen LogP contribution in [-0.2, 0) is 6.54 Å². The predicted molar refractivity (Wildman–Crippen MR) is 138 cm³/mol. The Morgan fingerprint density at radius 2 is 1.80 bits per heavy atom. The van der Waals surface area contributed by atoms with E-state index in [0.29, 0.717) is 17.5 Å². The van der Waals surface area contributed by atoms with Gasteiger partial charge in [-0.1, -0.05) is 33.8 Å². The van der Waals surface area contributed by atoms with Gasteiger partial charge in [-0.2, -0.15) is 5.10 Å². The van der Waals surface area contributed by atoms with Crippen LogP contribution in [-0.4, -0.2) is 58.8 Å². The van der Waals surface area contributed by atoms with Gasteiger partial charge in [0.25, 0.3) is 0 Å². The fourth-order valence-corrected chi connectivity index (χ4v) is 6.06. The van der Waals surface area contributed by atoms with Gasteiger partial charge in [0, 0.05) is 54.8 Å². The lowest BCUT2D eigenvalue weighted by molar-refractivity contribution is 0.143. The maximum Gasteiger partial charge on any atom is 0.132 e. The molecule has 0 radical (unpaired) electrons. The molecule has 2 N–H and O–H groups in total. The van der Waals surface area contributed by atoms with Gasteiger partial charge in [0.05, 0.1) is 17.8 Å². The first-order chi connectivity index (χ1) is 16.7. The number of H-pyrrole nitrogens is 1. The number of nitrogens with one attached hydrogen (secondary N) is 2. The smallest absolute Gasteiger partial charge is 0.132 e. The minimum atomic E-state index is -0.474. The summed E-state index contributed by atoms with van der Waals surface area (Å²) in [4.78, 5) is 4.62. The maximum atomic E-state index is 15.8. The molecule has 5 rings (SSSR count). The average Bonchev–Trinajstić information content (AvgIpc) is 3.22. The SMILES string of the molecule is CC(C)C[C@H]1[C@H](c2c(F)cc(NC3CN(CC(C)C)C3)cc2F)c2ccc3[nH]ncc3c2CN1C. The molecule has 7 heteroatoms. The number of nitrogens with zero attached hydrogens (tertiary/aromatic N) is 3. The van der Waals surface area contributed by atoms with Gasteiger partial charge in [0.1, 0.15) is 11.6 Å². The van der Waals surface area contributed by atoms with E-state index in [1.54, 1.807) is 0 Å². The van der Waals surface area contributed by atoms with Crippen LogP contribution in [0.4, 0.5) is 14.5 Å². The summed E-state index contributed by atoms with van der Waals surface area (Å²) in [6, 6.07) is 7.22. The van der Waals surface area contributed by atoms with Crippen LogP contribution in [0.5, 0.6) is 0 Å². The van der Waals surface area contributed by atoms with E-state index in [4.69, 9.17) is 0 Å². The molecule has 5 nitrogen and oxygen atoms in total. The minimum absolute atomic E-state index is 0.00545. The summed E-state index contributed by atoms with van der Waals surface area (Å²) in [7, 11) is 2.06. The molecule has 1 saturated heterocycles. The minimum Gasteiger partial charge on any atom is -0.380 e. The van der Waals surface area contributed by atoms with Crippen molar-refractivity contribution in [3.8, 4) is 0 Å². The van der Waals surface area contributed by atoms with Gasteiger partial charge in [0.2, 0.25) is 0 Å². The molecule has 1 aromatic heterocycles. The number of benzene rings is 2. The summed E-state index contributed by atoms with van der Waals surface area (Å²) < 4.78 is 31.5. The highest BCUT2D eigenvalue weighted by Gasteiger charge is 2.39. The van der Waals surface area contributed by atoms with E-state index in [9.17, 15) is 0 Å². The highest BCUT2D eigenvalue weighted by Crippen LogP contribution is 2.44. The topological polar surface area (TPSA) is 47.2 Å². The zero-order chi connectivity index (χ0) is 24.9. The van der Waals surface area contributed by atoms with Gasteiger partial charge < -0.3 is 5.32 Å². The molecule has 0 amide bonds. The first kappa shape index (κ1) is 24.2. The second-order valence-corrected chi connectivity index (χ2v) is 11.4. The Bertz CT molecular complexity index is 1170. The molecular weight excluding hydrogens is 444 g/mol. The second-order valence-electron chi connectivity index (χ2n) is 11.4. The molecule has 2 atom stereocenters. The zero-order valence-electron chi connectivity index (χ0n) is 21.4. The molecule has 2 aromatic carbocycles. The van der Waals surface area contributed by atoms with Gasteiger partial charge in [-0.15, -0.1) is 0 Å². The number of halogens is 2. The number of aromatic amines is 1. The molecule has 0 aliphatic carbocycles. The first-order valence-corrected chi connectivity index (χ1v) is 12.8. The fourth-order valence-electron chi connectivity index (χ4n) is 6.06. The van der Waals surface area contributed by atoms with Crippen molar-refractivity contribution in [1.29, 1.82) is 0 Å². The highest BCUT2D eigenvalue weighted by molar-refractivity contribution is 5.83. The van der Waals surface area contributed by atoms with Crippen LogP contribution in [0.3, 0.4) is 0 Å². The number of hydrogen-bond acceptors (Lipinski definition) is 4. The Balaban J connectivity index is 1.49. The largest absolute Gasteiger partial charge is 0.380 e. The number of likely N-dealkylation sites (N-methyl/N-ethyl adjacent to an activating group) is 1. The lowest BCUT2D eigenvalue weighted by Gasteiger charge is -2.42. The number of anilines is 1. The first-order valence-electron chi connectivity index (χ1n) is 12.8. The summed E-state index contributed by atoms with van der Waals surface area (Å²) >= 11 is 0. The van der Waals surface area contributed by atoms with Crippen molar-refractivity contribution in [1.82, 2.24) is 20.0 Å². The molecule has 0 bridgehead atoms. The molecular formula is C28H37F2N5. The van der Waals surface area contributed by atoms with Crippen LogP contribution in [0.15, 0.2) is 30.5 Å². The van der Waals surface area contributed by atoms with Gasteiger partial charge in [0.15, 0.2) is 0 Å². The Morgan fingerprint density at radius 3 is 2.46 bits per heavy atom. The number of rotatable bonds is 7. The molecule has 1 fully saturated rings. The van der Waals surface area contributed by atoms with E-state index in [1.165, 1.54) is 12.1 Å². The molecule has 0 unspecified atom stereocenters. The number of fused-ring (bicyclic) bond motifs is 3. The molecule has 0 spiro atoms. The third-order valence-electron chi connectivity index (χ3n) is 7.52. The van der Waals surface area contributed by atoms with E-state index in [2.05, 4.69) is 60.1 Å². The van der Waals surface area contributed by atoms with E-state index in [-0.39, 0.29) is 23.6 Å². The maximum absolute atomic E-state index is 15.8.